The lowest BCUT2D eigenvalue weighted by molar-refractivity contribution is 0.146. The van der Waals surface area contributed by atoms with Gasteiger partial charge in [-0.15, -0.1) is 11.3 Å². The lowest BCUT2D eigenvalue weighted by Crippen LogP contribution is -2.11. The summed E-state index contributed by atoms with van der Waals surface area (Å²) in [6.45, 7) is 0.879. The summed E-state index contributed by atoms with van der Waals surface area (Å²) in [4.78, 5) is 0. The van der Waals surface area contributed by atoms with E-state index in [-0.39, 0.29) is 4.21 Å². The quantitative estimate of drug-likeness (QED) is 0.735. The number of nitrogens with one attached hydrogen (secondary N) is 1. The van der Waals surface area contributed by atoms with Crippen molar-refractivity contribution < 1.29 is 17.9 Å². The van der Waals surface area contributed by atoms with Gasteiger partial charge in [-0.05, 0) is 40.2 Å². The van der Waals surface area contributed by atoms with Crippen LogP contribution in [0.3, 0.4) is 0 Å². The molecule has 0 aliphatic carbocycles. The first-order chi connectivity index (χ1) is 10.0. The highest BCUT2D eigenvalue weighted by atomic mass is 79.9. The lowest BCUT2D eigenvalue weighted by Gasteiger charge is -2.09. The van der Waals surface area contributed by atoms with Crippen LogP contribution in [-0.2, 0) is 14.8 Å². The van der Waals surface area contributed by atoms with Gasteiger partial charge in [0.1, 0.15) is 16.6 Å². The number of rotatable bonds is 7. The zero-order valence-corrected chi connectivity index (χ0v) is 14.4. The van der Waals surface area contributed by atoms with Gasteiger partial charge in [-0.25, -0.2) is 8.42 Å². The van der Waals surface area contributed by atoms with Gasteiger partial charge in [0, 0.05) is 13.2 Å². The van der Waals surface area contributed by atoms with Gasteiger partial charge in [-0.2, -0.15) is 0 Å². The van der Waals surface area contributed by atoms with Crippen molar-refractivity contribution in [2.75, 3.05) is 25.0 Å². The molecular formula is C13H14BrNO4S2. The Morgan fingerprint density at radius 2 is 2.05 bits per heavy atom. The van der Waals surface area contributed by atoms with Crippen LogP contribution in [0.4, 0.5) is 5.69 Å². The lowest BCUT2D eigenvalue weighted by atomic mass is 10.3. The number of methoxy groups -OCH3 is 1. The van der Waals surface area contributed by atoms with Crippen LogP contribution in [0.1, 0.15) is 0 Å². The van der Waals surface area contributed by atoms with E-state index in [0.717, 1.165) is 15.1 Å². The summed E-state index contributed by atoms with van der Waals surface area (Å²) in [6.07, 6.45) is 0. The molecule has 1 aromatic carbocycles. The minimum atomic E-state index is -3.58. The zero-order valence-electron chi connectivity index (χ0n) is 11.2. The molecule has 0 saturated heterocycles. The fourth-order valence-corrected chi connectivity index (χ4v) is 4.60. The van der Waals surface area contributed by atoms with E-state index in [1.807, 2.05) is 0 Å². The van der Waals surface area contributed by atoms with E-state index >= 15 is 0 Å². The third-order valence-electron chi connectivity index (χ3n) is 2.46. The number of sulfonamides is 1. The normalized spacial score (nSPS) is 11.3. The first kappa shape index (κ1) is 16.3. The van der Waals surface area contributed by atoms with Crippen LogP contribution in [0.2, 0.25) is 0 Å². The Kier molecular flexibility index (Phi) is 5.63. The van der Waals surface area contributed by atoms with Gasteiger partial charge in [0.05, 0.1) is 16.1 Å². The van der Waals surface area contributed by atoms with E-state index in [0.29, 0.717) is 24.7 Å². The third kappa shape index (κ3) is 4.70. The number of hydrogen-bond donors (Lipinski definition) is 1. The molecule has 8 heteroatoms. The van der Waals surface area contributed by atoms with Gasteiger partial charge in [-0.1, -0.05) is 6.07 Å². The van der Waals surface area contributed by atoms with Crippen molar-refractivity contribution in [2.24, 2.45) is 0 Å². The van der Waals surface area contributed by atoms with Gasteiger partial charge in [-0.3, -0.25) is 4.72 Å². The standard InChI is InChI=1S/C13H14BrNO4S2/c1-18-7-8-19-11-4-2-3-10(9-11)15-21(16,17)13-6-5-12(14)20-13/h2-6,9,15H,7-8H2,1H3. The molecule has 0 atom stereocenters. The zero-order chi connectivity index (χ0) is 15.3. The number of benzene rings is 1. The molecule has 21 heavy (non-hydrogen) atoms. The van der Waals surface area contributed by atoms with Crippen LogP contribution >= 0.6 is 27.3 Å². The molecule has 0 amide bonds. The Bertz CT molecular complexity index is 700. The van der Waals surface area contributed by atoms with Crippen molar-refractivity contribution in [3.8, 4) is 5.75 Å². The molecular weight excluding hydrogens is 378 g/mol. The van der Waals surface area contributed by atoms with Gasteiger partial charge in [0.15, 0.2) is 0 Å². The molecule has 0 radical (unpaired) electrons. The Hall–Kier alpha value is -1.09. The van der Waals surface area contributed by atoms with E-state index in [9.17, 15) is 8.42 Å². The number of thiophene rings is 1. The molecule has 0 spiro atoms. The predicted octanol–water partition coefficient (Wildman–Crippen LogP) is 3.34. The molecule has 0 aliphatic rings. The van der Waals surface area contributed by atoms with Crippen molar-refractivity contribution in [1.82, 2.24) is 0 Å². The third-order valence-corrected chi connectivity index (χ3v) is 5.95. The molecule has 1 heterocycles. The molecule has 0 unspecified atom stereocenters. The summed E-state index contributed by atoms with van der Waals surface area (Å²) in [5.74, 6) is 0.583. The molecule has 2 aromatic rings. The molecule has 0 bridgehead atoms. The fraction of sp³-hybridized carbons (Fsp3) is 0.231. The van der Waals surface area contributed by atoms with E-state index in [2.05, 4.69) is 20.7 Å². The van der Waals surface area contributed by atoms with Crippen LogP contribution in [0.25, 0.3) is 0 Å². The maximum Gasteiger partial charge on any atom is 0.271 e. The highest BCUT2D eigenvalue weighted by Crippen LogP contribution is 2.28. The number of halogens is 1. The van der Waals surface area contributed by atoms with Gasteiger partial charge < -0.3 is 9.47 Å². The van der Waals surface area contributed by atoms with Crippen molar-refractivity contribution in [3.63, 3.8) is 0 Å². The first-order valence-electron chi connectivity index (χ1n) is 6.01. The second-order valence-corrected chi connectivity index (χ2v) is 8.41. The van der Waals surface area contributed by atoms with E-state index in [4.69, 9.17) is 9.47 Å². The minimum absolute atomic E-state index is 0.250. The smallest absolute Gasteiger partial charge is 0.271 e. The highest BCUT2D eigenvalue weighted by molar-refractivity contribution is 9.11. The van der Waals surface area contributed by atoms with E-state index in [1.165, 1.54) is 0 Å². The fourth-order valence-electron chi connectivity index (χ4n) is 1.54. The van der Waals surface area contributed by atoms with Crippen molar-refractivity contribution >= 4 is 43.0 Å². The van der Waals surface area contributed by atoms with Gasteiger partial charge in [0.2, 0.25) is 0 Å². The number of hydrogen-bond acceptors (Lipinski definition) is 5. The number of anilines is 1. The molecule has 114 valence electrons. The summed E-state index contributed by atoms with van der Waals surface area (Å²) in [5.41, 5.74) is 0.453. The summed E-state index contributed by atoms with van der Waals surface area (Å²) in [6, 6.07) is 10.0. The summed E-state index contributed by atoms with van der Waals surface area (Å²) in [7, 11) is -1.99. The van der Waals surface area contributed by atoms with E-state index in [1.54, 1.807) is 43.5 Å². The van der Waals surface area contributed by atoms with Crippen molar-refractivity contribution in [2.45, 2.75) is 4.21 Å². The predicted molar refractivity (Wildman–Crippen MR) is 86.6 cm³/mol. The van der Waals surface area contributed by atoms with E-state index < -0.39 is 10.0 Å². The second-order valence-electron chi connectivity index (χ2n) is 4.03. The summed E-state index contributed by atoms with van der Waals surface area (Å²) in [5, 5.41) is 0. The topological polar surface area (TPSA) is 64.6 Å². The SMILES string of the molecule is COCCOc1cccc(NS(=O)(=O)c2ccc(Br)s2)c1. The largest absolute Gasteiger partial charge is 0.491 e. The maximum atomic E-state index is 12.2. The first-order valence-corrected chi connectivity index (χ1v) is 9.10. The molecule has 0 aliphatic heterocycles. The van der Waals surface area contributed by atoms with Crippen LogP contribution in [0.15, 0.2) is 44.4 Å². The van der Waals surface area contributed by atoms with Crippen molar-refractivity contribution in [1.29, 1.82) is 0 Å². The average molecular weight is 392 g/mol. The molecule has 2 rings (SSSR count). The van der Waals surface area contributed by atoms with Crippen LogP contribution in [0, 0.1) is 0 Å². The average Bonchev–Trinajstić information content (AvgIpc) is 2.87. The highest BCUT2D eigenvalue weighted by Gasteiger charge is 2.16. The monoisotopic (exact) mass is 391 g/mol. The molecule has 1 aromatic heterocycles. The van der Waals surface area contributed by atoms with Crippen molar-refractivity contribution in [3.05, 3.63) is 40.2 Å². The molecule has 0 saturated carbocycles. The Morgan fingerprint density at radius 3 is 2.71 bits per heavy atom. The second kappa shape index (κ2) is 7.26. The minimum Gasteiger partial charge on any atom is -0.491 e. The number of ether oxygens (including phenoxy) is 2. The molecule has 0 fully saturated rings. The molecule has 1 N–H and O–H groups in total. The maximum absolute atomic E-state index is 12.2. The Balaban J connectivity index is 2.10. The van der Waals surface area contributed by atoms with Crippen LogP contribution in [-0.4, -0.2) is 28.7 Å². The summed E-state index contributed by atoms with van der Waals surface area (Å²) >= 11 is 4.40. The Morgan fingerprint density at radius 1 is 1.24 bits per heavy atom. The van der Waals surface area contributed by atoms with Crippen LogP contribution < -0.4 is 9.46 Å². The van der Waals surface area contributed by atoms with Gasteiger partial charge >= 0.3 is 0 Å². The van der Waals surface area contributed by atoms with Gasteiger partial charge in [0.25, 0.3) is 10.0 Å². The summed E-state index contributed by atoms with van der Waals surface area (Å²) < 4.78 is 38.3. The van der Waals surface area contributed by atoms with Crippen LogP contribution in [0.5, 0.6) is 5.75 Å². The Labute approximate surface area is 136 Å². The molecule has 5 nitrogen and oxygen atoms in total.